The van der Waals surface area contributed by atoms with Gasteiger partial charge in [-0.15, -0.1) is 46.5 Å². The first-order valence-corrected chi connectivity index (χ1v) is 36.8. The number of hydrogen-bond acceptors (Lipinski definition) is 2. The van der Waals surface area contributed by atoms with Gasteiger partial charge in [0.25, 0.3) is 0 Å². The fraction of sp³-hybridized carbons (Fsp3) is 0.0476. The molecule has 14 rings (SSSR count). The minimum absolute atomic E-state index is 0. The molecule has 0 spiro atoms. The SMILES string of the molecule is [Au+].[Au+].[Au+].[Au+].[C-]#Cc1ccc2c(c1)oc1cc(C#[C-])ccc12.[C-]#Cc1ccc2c(c1)oc1cc(C#[C-])ccc12.c1ccc([PH+](CC[PH+](c2ccccc2)c2ccccc2)c2ccccc2)cc1.c1ccc([PH+](CC[PH+](c2ccccc2)c2ccccc2)c2ccccc2)cc1. The van der Waals surface area contributed by atoms with Gasteiger partial charge in [0.1, 0.15) is 47.0 Å². The summed E-state index contributed by atoms with van der Waals surface area (Å²) in [6, 6.07) is 111. The Morgan fingerprint density at radius 1 is 0.213 bits per heavy atom. The molecule has 0 N–H and O–H groups in total. The van der Waals surface area contributed by atoms with E-state index in [4.69, 9.17) is 34.5 Å². The second-order valence-corrected chi connectivity index (χ2v) is 31.8. The normalized spacial score (nSPS) is 10.3. The summed E-state index contributed by atoms with van der Waals surface area (Å²) < 4.78 is 11.4. The van der Waals surface area contributed by atoms with Crippen LogP contribution < -0.4 is 42.4 Å². The monoisotopic (exact) mass is 2020 g/mol. The molecule has 0 radical (unpaired) electrons. The van der Waals surface area contributed by atoms with Gasteiger partial charge in [-0.25, -0.2) is 0 Å². The van der Waals surface area contributed by atoms with Crippen molar-refractivity contribution in [3.63, 3.8) is 0 Å². The minimum Gasteiger partial charge on any atom is -0.459 e. The Hall–Kier alpha value is -6.84. The third-order valence-electron chi connectivity index (χ3n) is 15.8. The summed E-state index contributed by atoms with van der Waals surface area (Å²) in [5.74, 6) is 9.33. The number of furan rings is 2. The predicted molar refractivity (Wildman–Crippen MR) is 394 cm³/mol. The van der Waals surface area contributed by atoms with Gasteiger partial charge in [0.15, 0.2) is 0 Å². The van der Waals surface area contributed by atoms with E-state index in [-0.39, 0.29) is 89.5 Å². The molecule has 0 atom stereocenters. The third-order valence-corrected chi connectivity index (χ3v) is 28.0. The van der Waals surface area contributed by atoms with E-state index in [1.54, 1.807) is 24.3 Å². The van der Waals surface area contributed by atoms with Crippen molar-refractivity contribution < 1.29 is 98.4 Å². The number of hydrogen-bond donors (Lipinski definition) is 0. The van der Waals surface area contributed by atoms with Crippen molar-refractivity contribution >= 4 is 118 Å². The average molecular weight is 2020 g/mol. The largest absolute Gasteiger partial charge is 1.00 e. The van der Waals surface area contributed by atoms with Crippen LogP contribution in [0.5, 0.6) is 0 Å². The van der Waals surface area contributed by atoms with Crippen molar-refractivity contribution in [2.45, 2.75) is 0 Å². The van der Waals surface area contributed by atoms with E-state index in [0.717, 1.165) is 43.9 Å². The van der Waals surface area contributed by atoms with Crippen LogP contribution in [0.25, 0.3) is 43.9 Å². The molecule has 0 aliphatic carbocycles. The zero-order valence-corrected chi connectivity index (χ0v) is 63.5. The molecule has 0 unspecified atom stereocenters. The first-order valence-electron chi connectivity index (χ1n) is 30.0. The van der Waals surface area contributed by atoms with E-state index in [9.17, 15) is 0 Å². The summed E-state index contributed by atoms with van der Waals surface area (Å²) in [7, 11) is -3.13. The van der Waals surface area contributed by atoms with E-state index < -0.39 is 31.7 Å². The molecule has 0 amide bonds. The molecular weight excluding hydrogens is 1950 g/mol. The van der Waals surface area contributed by atoms with Gasteiger partial charge in [0, 0.05) is 21.5 Å². The molecule has 0 saturated carbocycles. The van der Waals surface area contributed by atoms with Gasteiger partial charge < -0.3 is 34.5 Å². The Morgan fingerprint density at radius 3 is 0.500 bits per heavy atom. The van der Waals surface area contributed by atoms with E-state index in [0.29, 0.717) is 22.3 Å². The smallest absolute Gasteiger partial charge is 0.459 e. The van der Waals surface area contributed by atoms with Crippen molar-refractivity contribution in [1.82, 2.24) is 0 Å². The van der Waals surface area contributed by atoms with Crippen molar-refractivity contribution in [3.05, 3.63) is 363 Å². The summed E-state index contributed by atoms with van der Waals surface area (Å²) in [4.78, 5) is 0. The van der Waals surface area contributed by atoms with Gasteiger partial charge in [-0.05, 0) is 97.1 Å². The molecule has 94 heavy (non-hydrogen) atoms. The topological polar surface area (TPSA) is 26.3 Å². The second kappa shape index (κ2) is 38.6. The fourth-order valence-corrected chi connectivity index (χ4v) is 23.7. The molecule has 12 aromatic carbocycles. The van der Waals surface area contributed by atoms with Crippen molar-refractivity contribution in [3.8, 4) is 23.7 Å². The van der Waals surface area contributed by atoms with Gasteiger partial charge in [0.2, 0.25) is 0 Å². The first-order chi connectivity index (χ1) is 44.5. The Labute approximate surface area is 621 Å². The van der Waals surface area contributed by atoms with Crippen LogP contribution in [0, 0.1) is 49.4 Å². The van der Waals surface area contributed by atoms with Crippen molar-refractivity contribution in [2.75, 3.05) is 24.6 Å². The maximum Gasteiger partial charge on any atom is 1.00 e. The van der Waals surface area contributed by atoms with Crippen molar-refractivity contribution in [2.24, 2.45) is 0 Å². The number of rotatable bonds is 14. The van der Waals surface area contributed by atoms with E-state index in [2.05, 4.69) is 266 Å². The molecule has 0 bridgehead atoms. The van der Waals surface area contributed by atoms with Crippen LogP contribution in [0.4, 0.5) is 0 Å². The molecule has 2 aromatic heterocycles. The van der Waals surface area contributed by atoms with Crippen LogP contribution in [-0.4, -0.2) is 24.6 Å². The summed E-state index contributed by atoms with van der Waals surface area (Å²) in [6.45, 7) is 0. The van der Waals surface area contributed by atoms with Crippen LogP contribution in [0.3, 0.4) is 0 Å². The summed E-state index contributed by atoms with van der Waals surface area (Å²) in [6.07, 6.45) is 33.4. The Bertz CT molecular complexity index is 4010. The molecule has 10 heteroatoms. The number of fused-ring (bicyclic) bond motifs is 6. The van der Waals surface area contributed by atoms with Gasteiger partial charge >= 0.3 is 89.5 Å². The molecular formula is C84H64Au4O2P4+4. The van der Waals surface area contributed by atoms with Gasteiger partial charge in [-0.3, -0.25) is 23.7 Å². The van der Waals surface area contributed by atoms with Crippen LogP contribution in [-0.2, 0) is 89.5 Å². The molecule has 0 saturated heterocycles. The maximum atomic E-state index is 7.09. The third kappa shape index (κ3) is 19.7. The molecule has 2 heterocycles. The summed E-state index contributed by atoms with van der Waals surface area (Å²) >= 11 is 0. The molecule has 0 fully saturated rings. The van der Waals surface area contributed by atoms with E-state index in [1.807, 2.05) is 48.5 Å². The van der Waals surface area contributed by atoms with Gasteiger partial charge in [-0.2, -0.15) is 0 Å². The van der Waals surface area contributed by atoms with Crippen LogP contribution in [0.15, 0.2) is 324 Å². The van der Waals surface area contributed by atoms with Crippen LogP contribution in [0.2, 0.25) is 0 Å². The second-order valence-electron chi connectivity index (χ2n) is 21.4. The summed E-state index contributed by atoms with van der Waals surface area (Å²) in [5, 5.41) is 16.2. The minimum atomic E-state index is -0.783. The van der Waals surface area contributed by atoms with Gasteiger partial charge in [0.05, 0.1) is 74.1 Å². The maximum absolute atomic E-state index is 7.09. The molecule has 14 aromatic rings. The summed E-state index contributed by atoms with van der Waals surface area (Å²) in [5.41, 5.74) is 5.70. The molecule has 0 aliphatic rings. The fourth-order valence-electron chi connectivity index (χ4n) is 11.3. The van der Waals surface area contributed by atoms with E-state index >= 15 is 0 Å². The standard InChI is InChI=1S/2C26H24P2.2C16H6O.4Au/c2*1-5-13-23(14-6-1)27(24-15-7-2-8-16-24)21-22-28(25-17-9-3-10-18-25)26-19-11-4-12-20-26;2*1-3-11-5-7-13-14-8-6-12(4-2)10-16(14)17-15(13)9-11;;;;/h2*1-20H,21-22H2;2*5-10H;;;;/q;;2*-2;4*+1/p+4. The van der Waals surface area contributed by atoms with Gasteiger partial charge in [-0.1, -0.05) is 194 Å². The van der Waals surface area contributed by atoms with E-state index in [1.165, 1.54) is 67.1 Å². The zero-order chi connectivity index (χ0) is 61.7. The van der Waals surface area contributed by atoms with Crippen LogP contribution >= 0.6 is 31.7 Å². The molecule has 472 valence electrons. The van der Waals surface area contributed by atoms with Crippen LogP contribution in [0.1, 0.15) is 22.3 Å². The Morgan fingerprint density at radius 2 is 0.362 bits per heavy atom. The number of benzene rings is 12. The zero-order valence-electron chi connectivity index (χ0n) is 50.9. The quantitative estimate of drug-likeness (QED) is 0.0469. The Balaban J connectivity index is 0.000000179. The molecule has 2 nitrogen and oxygen atoms in total. The predicted octanol–water partition coefficient (Wildman–Crippen LogP) is 16.3. The Kier molecular flexibility index (Phi) is 30.7. The average Bonchev–Trinajstić information content (AvgIpc) is 1.65. The van der Waals surface area contributed by atoms with Crippen molar-refractivity contribution in [1.29, 1.82) is 0 Å². The first kappa shape index (κ1) is 74.6. The molecule has 0 aliphatic heterocycles.